The monoisotopic (exact) mass is 275 g/mol. The van der Waals surface area contributed by atoms with Crippen LogP contribution in [-0.4, -0.2) is 43.2 Å². The van der Waals surface area contributed by atoms with E-state index in [2.05, 4.69) is 15.2 Å². The van der Waals surface area contributed by atoms with Crippen molar-refractivity contribution in [2.45, 2.75) is 43.8 Å². The summed E-state index contributed by atoms with van der Waals surface area (Å²) >= 11 is 0. The summed E-state index contributed by atoms with van der Waals surface area (Å²) in [6.45, 7) is 0. The van der Waals surface area contributed by atoms with Crippen molar-refractivity contribution in [1.29, 1.82) is 0 Å². The van der Waals surface area contributed by atoms with E-state index in [0.29, 0.717) is 23.7 Å². The Morgan fingerprint density at radius 2 is 2.05 bits per heavy atom. The highest BCUT2D eigenvalue weighted by atomic mass is 16.5. The molecule has 2 fully saturated rings. The van der Waals surface area contributed by atoms with Gasteiger partial charge in [0.05, 0.1) is 12.7 Å². The second kappa shape index (κ2) is 5.40. The molecule has 1 N–H and O–H groups in total. The summed E-state index contributed by atoms with van der Waals surface area (Å²) in [7, 11) is 3.43. The molecule has 0 amide bonds. The van der Waals surface area contributed by atoms with Crippen LogP contribution in [0.1, 0.15) is 36.0 Å². The van der Waals surface area contributed by atoms with E-state index in [4.69, 9.17) is 4.74 Å². The molecule has 5 heteroatoms. The standard InChI is InChI=1S/C15H21N3O2/c1-16-11-7-12-4-5-13(8-11)18(12)14-6-3-10(9-17-14)15(19)20-2/h3,6,9,11-13,16H,4-5,7-8H2,1-2H3. The summed E-state index contributed by atoms with van der Waals surface area (Å²) < 4.78 is 4.70. The van der Waals surface area contributed by atoms with Crippen molar-refractivity contribution >= 4 is 11.8 Å². The Bertz CT molecular complexity index is 474. The molecule has 0 spiro atoms. The number of ether oxygens (including phenoxy) is 1. The van der Waals surface area contributed by atoms with Gasteiger partial charge in [-0.15, -0.1) is 0 Å². The topological polar surface area (TPSA) is 54.5 Å². The molecule has 2 atom stereocenters. The molecule has 2 aliphatic heterocycles. The number of carbonyl (C=O) groups excluding carboxylic acids is 1. The quantitative estimate of drug-likeness (QED) is 0.849. The first-order chi connectivity index (χ1) is 9.72. The van der Waals surface area contributed by atoms with E-state index in [9.17, 15) is 4.79 Å². The lowest BCUT2D eigenvalue weighted by molar-refractivity contribution is 0.0600. The lowest BCUT2D eigenvalue weighted by atomic mass is 9.97. The third-order valence-electron chi connectivity index (χ3n) is 4.57. The van der Waals surface area contributed by atoms with Gasteiger partial charge in [-0.2, -0.15) is 0 Å². The average molecular weight is 275 g/mol. The van der Waals surface area contributed by atoms with Crippen molar-refractivity contribution in [3.05, 3.63) is 23.9 Å². The fourth-order valence-corrected chi connectivity index (χ4v) is 3.56. The third kappa shape index (κ3) is 2.26. The van der Waals surface area contributed by atoms with Gasteiger partial charge >= 0.3 is 5.97 Å². The van der Waals surface area contributed by atoms with Crippen molar-refractivity contribution in [3.63, 3.8) is 0 Å². The maximum Gasteiger partial charge on any atom is 0.339 e. The number of nitrogens with zero attached hydrogens (tertiary/aromatic N) is 2. The Balaban J connectivity index is 1.78. The highest BCUT2D eigenvalue weighted by Crippen LogP contribution is 2.38. The number of aromatic nitrogens is 1. The molecule has 1 aromatic heterocycles. The zero-order chi connectivity index (χ0) is 14.1. The van der Waals surface area contributed by atoms with Gasteiger partial charge in [-0.25, -0.2) is 9.78 Å². The number of anilines is 1. The van der Waals surface area contributed by atoms with Crippen LogP contribution in [0.3, 0.4) is 0 Å². The number of pyridine rings is 1. The van der Waals surface area contributed by atoms with E-state index < -0.39 is 0 Å². The van der Waals surface area contributed by atoms with Crippen LogP contribution >= 0.6 is 0 Å². The van der Waals surface area contributed by atoms with Crippen molar-refractivity contribution in [2.24, 2.45) is 0 Å². The fraction of sp³-hybridized carbons (Fsp3) is 0.600. The predicted molar refractivity (Wildman–Crippen MR) is 76.9 cm³/mol. The van der Waals surface area contributed by atoms with Gasteiger partial charge in [-0.05, 0) is 44.9 Å². The Labute approximate surface area is 119 Å². The largest absolute Gasteiger partial charge is 0.465 e. The summed E-state index contributed by atoms with van der Waals surface area (Å²) in [5, 5.41) is 3.40. The van der Waals surface area contributed by atoms with Gasteiger partial charge in [-0.3, -0.25) is 0 Å². The Morgan fingerprint density at radius 3 is 2.55 bits per heavy atom. The summed E-state index contributed by atoms with van der Waals surface area (Å²) in [5.41, 5.74) is 0.508. The normalized spacial score (nSPS) is 28.5. The van der Waals surface area contributed by atoms with Crippen molar-refractivity contribution in [3.8, 4) is 0 Å². The maximum absolute atomic E-state index is 11.4. The number of hydrogen-bond acceptors (Lipinski definition) is 5. The molecule has 20 heavy (non-hydrogen) atoms. The van der Waals surface area contributed by atoms with Crippen LogP contribution in [0, 0.1) is 0 Å². The van der Waals surface area contributed by atoms with Gasteiger partial charge in [0.1, 0.15) is 5.82 Å². The van der Waals surface area contributed by atoms with E-state index >= 15 is 0 Å². The van der Waals surface area contributed by atoms with Crippen LogP contribution in [0.25, 0.3) is 0 Å². The smallest absolute Gasteiger partial charge is 0.339 e. The number of rotatable bonds is 3. The zero-order valence-electron chi connectivity index (χ0n) is 12.0. The molecule has 2 aliphatic rings. The molecule has 2 saturated heterocycles. The zero-order valence-corrected chi connectivity index (χ0v) is 12.0. The summed E-state index contributed by atoms with van der Waals surface area (Å²) in [5.74, 6) is 0.653. The Morgan fingerprint density at radius 1 is 1.35 bits per heavy atom. The Hall–Kier alpha value is -1.62. The van der Waals surface area contributed by atoms with Crippen LogP contribution in [0.2, 0.25) is 0 Å². The molecule has 0 saturated carbocycles. The fourth-order valence-electron chi connectivity index (χ4n) is 3.56. The molecule has 0 aliphatic carbocycles. The molecule has 0 radical (unpaired) electrons. The van der Waals surface area contributed by atoms with Gasteiger partial charge in [-0.1, -0.05) is 0 Å². The highest BCUT2D eigenvalue weighted by Gasteiger charge is 2.40. The summed E-state index contributed by atoms with van der Waals surface area (Å²) in [6.07, 6.45) is 6.44. The Kier molecular flexibility index (Phi) is 3.61. The van der Waals surface area contributed by atoms with Crippen molar-refractivity contribution in [2.75, 3.05) is 19.1 Å². The number of piperidine rings is 1. The second-order valence-corrected chi connectivity index (χ2v) is 5.65. The van der Waals surface area contributed by atoms with Gasteiger partial charge in [0.25, 0.3) is 0 Å². The van der Waals surface area contributed by atoms with Crippen LogP contribution in [0.4, 0.5) is 5.82 Å². The van der Waals surface area contributed by atoms with E-state index in [0.717, 1.165) is 5.82 Å². The lowest BCUT2D eigenvalue weighted by Crippen LogP contribution is -2.48. The highest BCUT2D eigenvalue weighted by molar-refractivity contribution is 5.89. The number of carbonyl (C=O) groups is 1. The first kappa shape index (κ1) is 13.4. The van der Waals surface area contributed by atoms with E-state index in [1.54, 1.807) is 12.3 Å². The molecular weight excluding hydrogens is 254 g/mol. The molecule has 0 aromatic carbocycles. The van der Waals surface area contributed by atoms with E-state index in [1.165, 1.54) is 32.8 Å². The van der Waals surface area contributed by atoms with E-state index in [1.807, 2.05) is 13.1 Å². The average Bonchev–Trinajstić information content (AvgIpc) is 2.76. The summed E-state index contributed by atoms with van der Waals surface area (Å²) in [4.78, 5) is 18.3. The second-order valence-electron chi connectivity index (χ2n) is 5.65. The molecular formula is C15H21N3O2. The van der Waals surface area contributed by atoms with Gasteiger partial charge in [0.2, 0.25) is 0 Å². The first-order valence-electron chi connectivity index (χ1n) is 7.23. The number of hydrogen-bond donors (Lipinski definition) is 1. The maximum atomic E-state index is 11.4. The minimum Gasteiger partial charge on any atom is -0.465 e. The minimum absolute atomic E-state index is 0.332. The third-order valence-corrected chi connectivity index (χ3v) is 4.57. The number of methoxy groups -OCH3 is 1. The molecule has 1 aromatic rings. The predicted octanol–water partition coefficient (Wildman–Crippen LogP) is 1.59. The van der Waals surface area contributed by atoms with Gasteiger partial charge in [0.15, 0.2) is 0 Å². The van der Waals surface area contributed by atoms with Gasteiger partial charge < -0.3 is 15.0 Å². The van der Waals surface area contributed by atoms with Crippen molar-refractivity contribution < 1.29 is 9.53 Å². The number of esters is 1. The molecule has 2 bridgehead atoms. The number of nitrogens with one attached hydrogen (secondary N) is 1. The summed E-state index contributed by atoms with van der Waals surface area (Å²) in [6, 6.07) is 5.51. The van der Waals surface area contributed by atoms with Gasteiger partial charge in [0, 0.05) is 24.3 Å². The molecule has 2 unspecified atom stereocenters. The van der Waals surface area contributed by atoms with Crippen LogP contribution < -0.4 is 10.2 Å². The number of fused-ring (bicyclic) bond motifs is 2. The molecule has 5 nitrogen and oxygen atoms in total. The molecule has 3 heterocycles. The lowest BCUT2D eigenvalue weighted by Gasteiger charge is -2.39. The van der Waals surface area contributed by atoms with Crippen molar-refractivity contribution in [1.82, 2.24) is 10.3 Å². The van der Waals surface area contributed by atoms with Crippen LogP contribution in [0.5, 0.6) is 0 Å². The molecule has 3 rings (SSSR count). The SMILES string of the molecule is CNC1CC2CCC(C1)N2c1ccc(C(=O)OC)cn1. The van der Waals surface area contributed by atoms with Crippen LogP contribution in [0.15, 0.2) is 18.3 Å². The molecule has 108 valence electrons. The minimum atomic E-state index is -0.332. The first-order valence-corrected chi connectivity index (χ1v) is 7.23. The van der Waals surface area contributed by atoms with Crippen LogP contribution in [-0.2, 0) is 4.74 Å². The van der Waals surface area contributed by atoms with E-state index in [-0.39, 0.29) is 5.97 Å².